The van der Waals surface area contributed by atoms with Crippen molar-refractivity contribution >= 4 is 17.6 Å². The minimum Gasteiger partial charge on any atom is -0.490 e. The maximum absolute atomic E-state index is 10.8. The van der Waals surface area contributed by atoms with Gasteiger partial charge in [-0.15, -0.1) is 0 Å². The molecule has 0 amide bonds. The number of benzene rings is 1. The molecule has 0 radical (unpaired) electrons. The Hall–Kier alpha value is -1.46. The zero-order valence-electron chi connectivity index (χ0n) is 12.6. The molecule has 0 fully saturated rings. The molecule has 0 aliphatic rings. The number of carboxylic acid groups (broad SMARTS) is 1. The molecule has 1 aromatic rings. The molecule has 0 aliphatic carbocycles. The van der Waals surface area contributed by atoms with Gasteiger partial charge < -0.3 is 19.9 Å². The Morgan fingerprint density at radius 1 is 1.38 bits per heavy atom. The van der Waals surface area contributed by atoms with E-state index >= 15 is 0 Å². The standard InChI is InChI=1S/C15H22ClNO4/c1-4-6-21-14-12(16)7-11(8-13(14)20-5-2)9-17-10(3)15(18)19/h7-8,10,17H,4-6,9H2,1-3H3,(H,18,19). The third-order valence-corrected chi connectivity index (χ3v) is 3.08. The number of rotatable bonds is 9. The number of halogens is 1. The smallest absolute Gasteiger partial charge is 0.320 e. The Morgan fingerprint density at radius 3 is 2.67 bits per heavy atom. The first kappa shape index (κ1) is 17.6. The van der Waals surface area contributed by atoms with Crippen molar-refractivity contribution in [1.82, 2.24) is 5.32 Å². The van der Waals surface area contributed by atoms with Crippen molar-refractivity contribution < 1.29 is 19.4 Å². The highest BCUT2D eigenvalue weighted by atomic mass is 35.5. The molecule has 6 heteroatoms. The third kappa shape index (κ3) is 5.44. The van der Waals surface area contributed by atoms with E-state index in [1.807, 2.05) is 19.9 Å². The van der Waals surface area contributed by atoms with Crippen LogP contribution in [0.25, 0.3) is 0 Å². The van der Waals surface area contributed by atoms with Gasteiger partial charge in [0.2, 0.25) is 0 Å². The molecule has 0 heterocycles. The quantitative estimate of drug-likeness (QED) is 0.733. The zero-order chi connectivity index (χ0) is 15.8. The number of nitrogens with one attached hydrogen (secondary N) is 1. The van der Waals surface area contributed by atoms with Crippen LogP contribution < -0.4 is 14.8 Å². The lowest BCUT2D eigenvalue weighted by Gasteiger charge is -2.16. The Bertz CT molecular complexity index is 479. The van der Waals surface area contributed by atoms with Crippen molar-refractivity contribution in [2.24, 2.45) is 0 Å². The second-order valence-corrected chi connectivity index (χ2v) is 5.03. The summed E-state index contributed by atoms with van der Waals surface area (Å²) in [5.74, 6) is 0.225. The minimum absolute atomic E-state index is 0.390. The van der Waals surface area contributed by atoms with Gasteiger partial charge in [0.25, 0.3) is 0 Å². The molecule has 1 aromatic carbocycles. The first-order chi connectivity index (χ1) is 9.99. The van der Waals surface area contributed by atoms with Crippen LogP contribution in [0.5, 0.6) is 11.5 Å². The van der Waals surface area contributed by atoms with Gasteiger partial charge in [-0.1, -0.05) is 18.5 Å². The molecule has 0 aliphatic heterocycles. The predicted molar refractivity (Wildman–Crippen MR) is 82.3 cm³/mol. The second-order valence-electron chi connectivity index (χ2n) is 4.63. The van der Waals surface area contributed by atoms with E-state index in [4.69, 9.17) is 26.2 Å². The first-order valence-corrected chi connectivity index (χ1v) is 7.41. The zero-order valence-corrected chi connectivity index (χ0v) is 13.4. The summed E-state index contributed by atoms with van der Waals surface area (Å²) in [6.07, 6.45) is 0.876. The average molecular weight is 316 g/mol. The third-order valence-electron chi connectivity index (χ3n) is 2.80. The molecule has 1 atom stereocenters. The van der Waals surface area contributed by atoms with E-state index in [0.29, 0.717) is 36.3 Å². The molecule has 2 N–H and O–H groups in total. The number of hydrogen-bond donors (Lipinski definition) is 2. The topological polar surface area (TPSA) is 67.8 Å². The summed E-state index contributed by atoms with van der Waals surface area (Å²) >= 11 is 6.23. The molecule has 0 saturated carbocycles. The lowest BCUT2D eigenvalue weighted by atomic mass is 10.2. The maximum Gasteiger partial charge on any atom is 0.320 e. The summed E-state index contributed by atoms with van der Waals surface area (Å²) in [6.45, 7) is 6.94. The van der Waals surface area contributed by atoms with Crippen molar-refractivity contribution in [2.75, 3.05) is 13.2 Å². The molecule has 0 saturated heterocycles. The number of ether oxygens (including phenoxy) is 2. The maximum atomic E-state index is 10.8. The van der Waals surface area contributed by atoms with Crippen LogP contribution in [0.2, 0.25) is 5.02 Å². The summed E-state index contributed by atoms with van der Waals surface area (Å²) < 4.78 is 11.2. The van der Waals surface area contributed by atoms with Crippen LogP contribution in [-0.4, -0.2) is 30.3 Å². The minimum atomic E-state index is -0.894. The van der Waals surface area contributed by atoms with Crippen molar-refractivity contribution in [2.45, 2.75) is 39.8 Å². The fourth-order valence-electron chi connectivity index (χ4n) is 1.69. The molecule has 1 rings (SSSR count). The fraction of sp³-hybridized carbons (Fsp3) is 0.533. The first-order valence-electron chi connectivity index (χ1n) is 7.03. The molecule has 5 nitrogen and oxygen atoms in total. The molecule has 1 unspecified atom stereocenters. The van der Waals surface area contributed by atoms with E-state index in [9.17, 15) is 4.79 Å². The van der Waals surface area contributed by atoms with Crippen molar-refractivity contribution in [3.63, 3.8) is 0 Å². The van der Waals surface area contributed by atoms with E-state index in [2.05, 4.69) is 5.32 Å². The Morgan fingerprint density at radius 2 is 2.10 bits per heavy atom. The lowest BCUT2D eigenvalue weighted by Crippen LogP contribution is -2.33. The van der Waals surface area contributed by atoms with Gasteiger partial charge in [0.1, 0.15) is 6.04 Å². The van der Waals surface area contributed by atoms with Gasteiger partial charge in [0, 0.05) is 6.54 Å². The Balaban J connectivity index is 2.89. The van der Waals surface area contributed by atoms with Crippen LogP contribution in [0.1, 0.15) is 32.8 Å². The van der Waals surface area contributed by atoms with Crippen LogP contribution in [0, 0.1) is 0 Å². The summed E-state index contributed by atoms with van der Waals surface area (Å²) in [5, 5.41) is 12.2. The van der Waals surface area contributed by atoms with Gasteiger partial charge >= 0.3 is 5.97 Å². The van der Waals surface area contributed by atoms with Crippen molar-refractivity contribution in [3.05, 3.63) is 22.7 Å². The largest absolute Gasteiger partial charge is 0.490 e. The average Bonchev–Trinajstić information content (AvgIpc) is 2.44. The van der Waals surface area contributed by atoms with Crippen molar-refractivity contribution in [3.8, 4) is 11.5 Å². The molecule has 0 spiro atoms. The van der Waals surface area contributed by atoms with Gasteiger partial charge in [0.05, 0.1) is 18.2 Å². The molecule has 0 aromatic heterocycles. The highest BCUT2D eigenvalue weighted by Gasteiger charge is 2.14. The number of carbonyl (C=O) groups is 1. The van der Waals surface area contributed by atoms with E-state index in [1.165, 1.54) is 0 Å². The van der Waals surface area contributed by atoms with E-state index in [-0.39, 0.29) is 0 Å². The van der Waals surface area contributed by atoms with Gasteiger partial charge in [-0.3, -0.25) is 4.79 Å². The normalized spacial score (nSPS) is 12.0. The van der Waals surface area contributed by atoms with Crippen LogP contribution in [0.3, 0.4) is 0 Å². The summed E-state index contributed by atoms with van der Waals surface area (Å²) in [7, 11) is 0. The number of aliphatic carboxylic acids is 1. The molecular weight excluding hydrogens is 294 g/mol. The predicted octanol–water partition coefficient (Wildman–Crippen LogP) is 3.09. The molecule has 21 heavy (non-hydrogen) atoms. The summed E-state index contributed by atoms with van der Waals surface area (Å²) in [5.41, 5.74) is 0.848. The number of hydrogen-bond acceptors (Lipinski definition) is 4. The van der Waals surface area contributed by atoms with Gasteiger partial charge in [0.15, 0.2) is 11.5 Å². The van der Waals surface area contributed by atoms with Gasteiger partial charge in [-0.2, -0.15) is 0 Å². The van der Waals surface area contributed by atoms with E-state index < -0.39 is 12.0 Å². The fourth-order valence-corrected chi connectivity index (χ4v) is 1.98. The van der Waals surface area contributed by atoms with Crippen LogP contribution in [0.15, 0.2) is 12.1 Å². The SMILES string of the molecule is CCCOc1c(Cl)cc(CNC(C)C(=O)O)cc1OCC. The van der Waals surface area contributed by atoms with Crippen molar-refractivity contribution in [1.29, 1.82) is 0 Å². The van der Waals surface area contributed by atoms with E-state index in [0.717, 1.165) is 12.0 Å². The van der Waals surface area contributed by atoms with Crippen LogP contribution in [0.4, 0.5) is 0 Å². The Kier molecular flexibility index (Phi) is 7.32. The lowest BCUT2D eigenvalue weighted by molar-refractivity contribution is -0.139. The summed E-state index contributed by atoms with van der Waals surface area (Å²) in [6, 6.07) is 2.95. The second kappa shape index (κ2) is 8.74. The molecule has 0 bridgehead atoms. The highest BCUT2D eigenvalue weighted by Crippen LogP contribution is 2.36. The number of carboxylic acids is 1. The molecule has 118 valence electrons. The van der Waals surface area contributed by atoms with Gasteiger partial charge in [-0.25, -0.2) is 0 Å². The summed E-state index contributed by atoms with van der Waals surface area (Å²) in [4.78, 5) is 10.8. The molecular formula is C15H22ClNO4. The van der Waals surface area contributed by atoms with Crippen LogP contribution in [-0.2, 0) is 11.3 Å². The van der Waals surface area contributed by atoms with Crippen LogP contribution >= 0.6 is 11.6 Å². The Labute approximate surface area is 130 Å². The highest BCUT2D eigenvalue weighted by molar-refractivity contribution is 6.32. The van der Waals surface area contributed by atoms with Gasteiger partial charge in [-0.05, 0) is 38.0 Å². The monoisotopic (exact) mass is 315 g/mol. The van der Waals surface area contributed by atoms with E-state index in [1.54, 1.807) is 13.0 Å².